The predicted molar refractivity (Wildman–Crippen MR) is 150 cm³/mol. The number of rotatable bonds is 16. The van der Waals surface area contributed by atoms with Crippen LogP contribution < -0.4 is 20.4 Å². The average molecular weight is 505 g/mol. The molecular weight excluding hydrogens is 456 g/mol. The monoisotopic (exact) mass is 504 g/mol. The van der Waals surface area contributed by atoms with Crippen LogP contribution in [0.1, 0.15) is 55.4 Å². The Morgan fingerprint density at radius 2 is 0.861 bits per heavy atom. The normalized spacial score (nSPS) is 11.8. The SMILES string of the molecule is CC(C)CN(CC(C)C)c1nc(NCCO)nc2c(N(CC(C)C)CC(C)C)nc(NCCO)nc12. The Bertz CT molecular complexity index is 841. The van der Waals surface area contributed by atoms with Gasteiger partial charge in [-0.2, -0.15) is 9.97 Å². The summed E-state index contributed by atoms with van der Waals surface area (Å²) in [5, 5.41) is 25.2. The van der Waals surface area contributed by atoms with Crippen molar-refractivity contribution in [3.8, 4) is 0 Å². The predicted octanol–water partition coefficient (Wildman–Crippen LogP) is 3.47. The van der Waals surface area contributed by atoms with E-state index in [0.29, 0.717) is 59.7 Å². The number of anilines is 4. The van der Waals surface area contributed by atoms with E-state index in [4.69, 9.17) is 19.9 Å². The van der Waals surface area contributed by atoms with E-state index < -0.39 is 0 Å². The molecule has 0 aliphatic carbocycles. The summed E-state index contributed by atoms with van der Waals surface area (Å²) >= 11 is 0. The van der Waals surface area contributed by atoms with Gasteiger partial charge >= 0.3 is 0 Å². The van der Waals surface area contributed by atoms with Crippen molar-refractivity contribution in [3.63, 3.8) is 0 Å². The van der Waals surface area contributed by atoms with E-state index in [0.717, 1.165) is 37.8 Å². The third kappa shape index (κ3) is 8.89. The zero-order valence-corrected chi connectivity index (χ0v) is 23.5. The first-order valence-corrected chi connectivity index (χ1v) is 13.3. The fraction of sp³-hybridized carbons (Fsp3) is 0.769. The number of aromatic nitrogens is 4. The first-order valence-electron chi connectivity index (χ1n) is 13.3. The Kier molecular flexibility index (Phi) is 11.8. The lowest BCUT2D eigenvalue weighted by Gasteiger charge is -2.31. The number of fused-ring (bicyclic) bond motifs is 1. The van der Waals surface area contributed by atoms with Gasteiger partial charge in [0.15, 0.2) is 11.6 Å². The quantitative estimate of drug-likeness (QED) is 0.270. The van der Waals surface area contributed by atoms with Crippen LogP contribution in [0.25, 0.3) is 11.0 Å². The maximum absolute atomic E-state index is 9.43. The maximum atomic E-state index is 9.43. The standard InChI is InChI=1S/C26H48N8O2/c1-17(2)13-33(14-18(3)4)23-21-22(30-25(31-23)27-9-11-35)24(32-26(29-21)28-10-12-36)34(15-19(5)6)16-20(7)8/h17-20,35-36H,9-16H2,1-8H3,(H,27,30,31)(H,28,29,32). The topological polar surface area (TPSA) is 123 Å². The van der Waals surface area contributed by atoms with Gasteiger partial charge in [0.2, 0.25) is 11.9 Å². The molecule has 0 aliphatic rings. The molecule has 0 unspecified atom stereocenters. The second-order valence-electron chi connectivity index (χ2n) is 11.1. The van der Waals surface area contributed by atoms with Crippen LogP contribution in [-0.4, -0.2) is 82.6 Å². The van der Waals surface area contributed by atoms with Crippen LogP contribution in [0.3, 0.4) is 0 Å². The highest BCUT2D eigenvalue weighted by atomic mass is 16.3. The molecule has 0 fully saturated rings. The molecular formula is C26H48N8O2. The van der Waals surface area contributed by atoms with Crippen molar-refractivity contribution < 1.29 is 10.2 Å². The highest BCUT2D eigenvalue weighted by Crippen LogP contribution is 2.32. The second-order valence-corrected chi connectivity index (χ2v) is 11.1. The molecule has 0 saturated heterocycles. The van der Waals surface area contributed by atoms with Crippen LogP contribution in [0.4, 0.5) is 23.5 Å². The van der Waals surface area contributed by atoms with E-state index in [-0.39, 0.29) is 13.2 Å². The Labute approximate surface area is 216 Å². The van der Waals surface area contributed by atoms with E-state index in [1.54, 1.807) is 0 Å². The number of hydrogen-bond acceptors (Lipinski definition) is 10. The fourth-order valence-electron chi connectivity index (χ4n) is 4.18. The highest BCUT2D eigenvalue weighted by Gasteiger charge is 2.24. The highest BCUT2D eigenvalue weighted by molar-refractivity contribution is 5.95. The maximum Gasteiger partial charge on any atom is 0.225 e. The molecule has 0 atom stereocenters. The van der Waals surface area contributed by atoms with Crippen molar-refractivity contribution in [3.05, 3.63) is 0 Å². The minimum absolute atomic E-state index is 0.0152. The van der Waals surface area contributed by atoms with E-state index in [2.05, 4.69) is 75.8 Å². The molecule has 0 amide bonds. The van der Waals surface area contributed by atoms with Gasteiger partial charge in [0.1, 0.15) is 11.0 Å². The molecule has 0 saturated carbocycles. The molecule has 0 aliphatic heterocycles. The first kappa shape index (κ1) is 29.8. The molecule has 4 N–H and O–H groups in total. The summed E-state index contributed by atoms with van der Waals surface area (Å²) in [7, 11) is 0. The number of aliphatic hydroxyl groups excluding tert-OH is 2. The molecule has 0 bridgehead atoms. The summed E-state index contributed by atoms with van der Waals surface area (Å²) in [5.74, 6) is 4.13. The molecule has 2 aromatic rings. The van der Waals surface area contributed by atoms with Crippen LogP contribution in [0.5, 0.6) is 0 Å². The lowest BCUT2D eigenvalue weighted by Crippen LogP contribution is -2.34. The Hall–Kier alpha value is -2.46. The summed E-state index contributed by atoms with van der Waals surface area (Å²) in [4.78, 5) is 24.1. The average Bonchev–Trinajstić information content (AvgIpc) is 2.78. The van der Waals surface area contributed by atoms with Gasteiger partial charge in [-0.15, -0.1) is 0 Å². The smallest absolute Gasteiger partial charge is 0.225 e. The number of nitrogens with one attached hydrogen (secondary N) is 2. The largest absolute Gasteiger partial charge is 0.395 e. The van der Waals surface area contributed by atoms with Crippen molar-refractivity contribution in [2.24, 2.45) is 23.7 Å². The summed E-state index contributed by atoms with van der Waals surface area (Å²) in [6.45, 7) is 21.6. The Balaban J connectivity index is 2.87. The molecule has 2 rings (SSSR count). The summed E-state index contributed by atoms with van der Waals surface area (Å²) in [6.07, 6.45) is 0. The number of aliphatic hydroxyl groups is 2. The molecule has 2 heterocycles. The molecule has 0 spiro atoms. The Morgan fingerprint density at radius 1 is 0.556 bits per heavy atom. The molecule has 10 heteroatoms. The third-order valence-corrected chi connectivity index (χ3v) is 5.24. The summed E-state index contributed by atoms with van der Waals surface area (Å²) in [6, 6.07) is 0. The van der Waals surface area contributed by atoms with Crippen molar-refractivity contribution in [2.45, 2.75) is 55.4 Å². The lowest BCUT2D eigenvalue weighted by atomic mass is 10.1. The van der Waals surface area contributed by atoms with E-state index in [1.165, 1.54) is 0 Å². The van der Waals surface area contributed by atoms with Gasteiger partial charge in [-0.1, -0.05) is 55.4 Å². The van der Waals surface area contributed by atoms with Crippen molar-refractivity contribution >= 4 is 34.6 Å². The van der Waals surface area contributed by atoms with Crippen LogP contribution in [0, 0.1) is 23.7 Å². The van der Waals surface area contributed by atoms with Gasteiger partial charge in [0, 0.05) is 39.3 Å². The van der Waals surface area contributed by atoms with E-state index in [1.807, 2.05) is 0 Å². The van der Waals surface area contributed by atoms with Gasteiger partial charge < -0.3 is 30.6 Å². The zero-order valence-electron chi connectivity index (χ0n) is 23.5. The van der Waals surface area contributed by atoms with Crippen LogP contribution in [0.2, 0.25) is 0 Å². The molecule has 0 radical (unpaired) electrons. The van der Waals surface area contributed by atoms with Gasteiger partial charge in [-0.3, -0.25) is 0 Å². The zero-order chi connectivity index (χ0) is 26.8. The molecule has 204 valence electrons. The Morgan fingerprint density at radius 3 is 1.11 bits per heavy atom. The molecule has 0 aromatic carbocycles. The van der Waals surface area contributed by atoms with E-state index in [9.17, 15) is 10.2 Å². The number of hydrogen-bond donors (Lipinski definition) is 4. The lowest BCUT2D eigenvalue weighted by molar-refractivity contribution is 0.310. The number of nitrogens with zero attached hydrogens (tertiary/aromatic N) is 6. The van der Waals surface area contributed by atoms with E-state index >= 15 is 0 Å². The summed E-state index contributed by atoms with van der Waals surface area (Å²) in [5.41, 5.74) is 1.38. The van der Waals surface area contributed by atoms with Gasteiger partial charge in [-0.25, -0.2) is 9.97 Å². The third-order valence-electron chi connectivity index (χ3n) is 5.24. The van der Waals surface area contributed by atoms with Crippen molar-refractivity contribution in [2.75, 3.05) is 72.9 Å². The molecule has 10 nitrogen and oxygen atoms in total. The van der Waals surface area contributed by atoms with Crippen LogP contribution >= 0.6 is 0 Å². The van der Waals surface area contributed by atoms with Gasteiger partial charge in [0.05, 0.1) is 13.2 Å². The minimum Gasteiger partial charge on any atom is -0.395 e. The first-order chi connectivity index (χ1) is 17.0. The van der Waals surface area contributed by atoms with Gasteiger partial charge in [-0.05, 0) is 23.7 Å². The minimum atomic E-state index is -0.0152. The molecule has 2 aromatic heterocycles. The van der Waals surface area contributed by atoms with Crippen molar-refractivity contribution in [1.29, 1.82) is 0 Å². The van der Waals surface area contributed by atoms with Crippen molar-refractivity contribution in [1.82, 2.24) is 19.9 Å². The molecule has 36 heavy (non-hydrogen) atoms. The van der Waals surface area contributed by atoms with Gasteiger partial charge in [0.25, 0.3) is 0 Å². The second kappa shape index (κ2) is 14.3. The summed E-state index contributed by atoms with van der Waals surface area (Å²) < 4.78 is 0. The van der Waals surface area contributed by atoms with Crippen LogP contribution in [0.15, 0.2) is 0 Å². The fourth-order valence-corrected chi connectivity index (χ4v) is 4.18. The van der Waals surface area contributed by atoms with Crippen LogP contribution in [-0.2, 0) is 0 Å².